The molecule has 186 valence electrons. The first-order chi connectivity index (χ1) is 16.7. The van der Waals surface area contributed by atoms with Crippen LogP contribution in [-0.2, 0) is 11.1 Å². The number of nitrogens with one attached hydrogen (secondary N) is 2. The molecule has 1 amide bonds. The van der Waals surface area contributed by atoms with Gasteiger partial charge in [-0.2, -0.15) is 5.10 Å². The van der Waals surface area contributed by atoms with Crippen LogP contribution in [-0.4, -0.2) is 22.8 Å². The molecule has 1 aliphatic rings. The van der Waals surface area contributed by atoms with E-state index in [9.17, 15) is 4.79 Å². The Morgan fingerprint density at radius 3 is 2.54 bits per heavy atom. The summed E-state index contributed by atoms with van der Waals surface area (Å²) in [5, 5.41) is 12.3. The van der Waals surface area contributed by atoms with Gasteiger partial charge in [0.15, 0.2) is 0 Å². The number of amides is 1. The fourth-order valence-corrected chi connectivity index (χ4v) is 5.40. The average Bonchev–Trinajstić information content (AvgIpc) is 3.20. The Hall–Kier alpha value is -2.99. The third-order valence-corrected chi connectivity index (χ3v) is 7.65. The molecule has 0 spiro atoms. The lowest BCUT2D eigenvalue weighted by molar-refractivity contribution is 0.0889. The van der Waals surface area contributed by atoms with Crippen LogP contribution in [0.2, 0.25) is 5.02 Å². The highest BCUT2D eigenvalue weighted by Gasteiger charge is 2.39. The van der Waals surface area contributed by atoms with Crippen molar-refractivity contribution in [2.75, 3.05) is 12.4 Å². The van der Waals surface area contributed by atoms with Crippen molar-refractivity contribution in [3.05, 3.63) is 75.9 Å². The summed E-state index contributed by atoms with van der Waals surface area (Å²) in [6, 6.07) is 16.2. The maximum absolute atomic E-state index is 13.9. The van der Waals surface area contributed by atoms with Crippen molar-refractivity contribution in [3.8, 4) is 5.75 Å². The minimum Gasteiger partial charge on any atom is -0.495 e. The zero-order valence-corrected chi connectivity index (χ0v) is 22.2. The Bertz CT molecular complexity index is 1220. The summed E-state index contributed by atoms with van der Waals surface area (Å²) in [6.45, 7) is 10.4. The molecule has 4 rings (SSSR count). The van der Waals surface area contributed by atoms with Gasteiger partial charge >= 0.3 is 0 Å². The van der Waals surface area contributed by atoms with Crippen LogP contribution >= 0.6 is 11.6 Å². The van der Waals surface area contributed by atoms with Crippen molar-refractivity contribution in [1.82, 2.24) is 15.1 Å². The molecule has 35 heavy (non-hydrogen) atoms. The Kier molecular flexibility index (Phi) is 6.87. The van der Waals surface area contributed by atoms with Gasteiger partial charge in [0.25, 0.3) is 5.91 Å². The van der Waals surface area contributed by atoms with Gasteiger partial charge in [0.1, 0.15) is 17.1 Å². The Balaban J connectivity index is 1.73. The predicted octanol–water partition coefficient (Wildman–Crippen LogP) is 6.59. The average molecular weight is 495 g/mol. The van der Waals surface area contributed by atoms with Gasteiger partial charge < -0.3 is 15.4 Å². The van der Waals surface area contributed by atoms with E-state index < -0.39 is 5.54 Å². The maximum atomic E-state index is 13.9. The van der Waals surface area contributed by atoms with Crippen molar-refractivity contribution in [3.63, 3.8) is 0 Å². The summed E-state index contributed by atoms with van der Waals surface area (Å²) < 4.78 is 7.42. The monoisotopic (exact) mass is 494 g/mol. The van der Waals surface area contributed by atoms with Gasteiger partial charge in [0.2, 0.25) is 0 Å². The number of halogens is 1. The normalized spacial score (nSPS) is 16.8. The van der Waals surface area contributed by atoms with Crippen LogP contribution in [0.15, 0.2) is 48.5 Å². The minimum absolute atomic E-state index is 0.0870. The van der Waals surface area contributed by atoms with Gasteiger partial charge in [-0.1, -0.05) is 61.8 Å². The van der Waals surface area contributed by atoms with Crippen molar-refractivity contribution in [1.29, 1.82) is 0 Å². The molecule has 0 unspecified atom stereocenters. The number of benzene rings is 2. The number of aryl methyl sites for hydroxylation is 1. The van der Waals surface area contributed by atoms with E-state index in [1.54, 1.807) is 7.11 Å². The number of methoxy groups -OCH3 is 1. The van der Waals surface area contributed by atoms with Gasteiger partial charge in [-0.05, 0) is 63.3 Å². The molecule has 2 N–H and O–H groups in total. The smallest absolute Gasteiger partial charge is 0.257 e. The van der Waals surface area contributed by atoms with Crippen LogP contribution in [0.25, 0.3) is 0 Å². The van der Waals surface area contributed by atoms with Crippen LogP contribution in [0.3, 0.4) is 0 Å². The highest BCUT2D eigenvalue weighted by atomic mass is 35.5. The second-order valence-electron chi connectivity index (χ2n) is 9.94. The van der Waals surface area contributed by atoms with E-state index >= 15 is 0 Å². The Labute approximate surface area is 213 Å². The number of nitrogens with zero attached hydrogens (tertiary/aromatic N) is 2. The van der Waals surface area contributed by atoms with E-state index in [4.69, 9.17) is 21.4 Å². The molecule has 1 atom stereocenters. The van der Waals surface area contributed by atoms with Crippen LogP contribution < -0.4 is 15.4 Å². The highest BCUT2D eigenvalue weighted by Crippen LogP contribution is 2.41. The van der Waals surface area contributed by atoms with E-state index in [2.05, 4.69) is 50.5 Å². The molecule has 0 bridgehead atoms. The molecule has 6 nitrogen and oxygen atoms in total. The molecule has 0 saturated carbocycles. The first kappa shape index (κ1) is 25.1. The topological polar surface area (TPSA) is 68.2 Å². The fraction of sp³-hybridized carbons (Fsp3) is 0.429. The molecule has 2 aromatic carbocycles. The summed E-state index contributed by atoms with van der Waals surface area (Å²) >= 11 is 6.28. The zero-order valence-electron chi connectivity index (χ0n) is 21.4. The number of fused-ring (bicyclic) bond motifs is 1. The van der Waals surface area contributed by atoms with Crippen molar-refractivity contribution >= 4 is 23.3 Å². The molecule has 7 heteroatoms. The molecule has 2 heterocycles. The van der Waals surface area contributed by atoms with Gasteiger partial charge in [0, 0.05) is 0 Å². The molecule has 1 aromatic heterocycles. The lowest BCUT2D eigenvalue weighted by atomic mass is 9.84. The quantitative estimate of drug-likeness (QED) is 0.388. The van der Waals surface area contributed by atoms with Gasteiger partial charge in [-0.3, -0.25) is 4.79 Å². The van der Waals surface area contributed by atoms with Crippen LogP contribution in [0.4, 0.5) is 5.82 Å². The molecule has 0 radical (unpaired) electrons. The second kappa shape index (κ2) is 9.57. The molecular formula is C28H35ClN4O2. The first-order valence-electron chi connectivity index (χ1n) is 12.2. The lowest BCUT2D eigenvalue weighted by Crippen LogP contribution is -2.45. The van der Waals surface area contributed by atoms with E-state index in [1.807, 2.05) is 48.0 Å². The molecular weight excluding hydrogens is 460 g/mol. The summed E-state index contributed by atoms with van der Waals surface area (Å²) in [5.41, 5.74) is 2.64. The Morgan fingerprint density at radius 2 is 1.91 bits per heavy atom. The highest BCUT2D eigenvalue weighted by molar-refractivity contribution is 6.32. The van der Waals surface area contributed by atoms with E-state index in [0.29, 0.717) is 34.9 Å². The van der Waals surface area contributed by atoms with Crippen LogP contribution in [0, 0.1) is 6.92 Å². The Morgan fingerprint density at radius 1 is 1.23 bits per heavy atom. The summed E-state index contributed by atoms with van der Waals surface area (Å²) in [4.78, 5) is 13.9. The van der Waals surface area contributed by atoms with Gasteiger partial charge in [-0.15, -0.1) is 0 Å². The SMILES string of the molecule is CCC(CC)(NC(=O)c1c(C)nn2c1N[C@@H](c1ccccc1)CC2(C)C)c1ccc(Cl)c(OC)c1. The minimum atomic E-state index is -0.570. The third-order valence-electron chi connectivity index (χ3n) is 7.34. The lowest BCUT2D eigenvalue weighted by Gasteiger charge is -2.38. The van der Waals surface area contributed by atoms with E-state index in [0.717, 1.165) is 17.8 Å². The summed E-state index contributed by atoms with van der Waals surface area (Å²) in [6.07, 6.45) is 2.30. The molecule has 3 aromatic rings. The number of aromatic nitrogens is 2. The number of rotatable bonds is 7. The summed E-state index contributed by atoms with van der Waals surface area (Å²) in [7, 11) is 1.60. The zero-order chi connectivity index (χ0) is 25.4. The van der Waals surface area contributed by atoms with Crippen molar-refractivity contribution in [2.45, 2.75) is 71.0 Å². The third kappa shape index (κ3) is 4.52. The predicted molar refractivity (Wildman–Crippen MR) is 141 cm³/mol. The maximum Gasteiger partial charge on any atom is 0.257 e. The van der Waals surface area contributed by atoms with E-state index in [-0.39, 0.29) is 17.5 Å². The molecule has 1 aliphatic heterocycles. The largest absolute Gasteiger partial charge is 0.495 e. The van der Waals surface area contributed by atoms with Crippen LogP contribution in [0.5, 0.6) is 5.75 Å². The van der Waals surface area contributed by atoms with E-state index in [1.165, 1.54) is 5.56 Å². The number of ether oxygens (including phenoxy) is 1. The van der Waals surface area contributed by atoms with Gasteiger partial charge in [0.05, 0.1) is 34.9 Å². The molecule has 0 fully saturated rings. The number of carbonyl (C=O) groups excluding carboxylic acids is 1. The molecule has 0 aliphatic carbocycles. The number of carbonyl (C=O) groups is 1. The standard InChI is InChI=1S/C28H35ClN4O2/c1-7-28(8-2,20-14-15-21(29)23(16-20)35-6)31-26(34)24-18(3)32-33-25(24)30-22(17-27(33,4)5)19-12-10-9-11-13-19/h9-16,22,30H,7-8,17H2,1-6H3,(H,31,34)/t22-/m1/s1. The van der Waals surface area contributed by atoms with Crippen molar-refractivity contribution in [2.24, 2.45) is 0 Å². The molecule has 0 saturated heterocycles. The van der Waals surface area contributed by atoms with Crippen molar-refractivity contribution < 1.29 is 9.53 Å². The van der Waals surface area contributed by atoms with Crippen LogP contribution in [0.1, 0.15) is 80.2 Å². The summed E-state index contributed by atoms with van der Waals surface area (Å²) in [5.74, 6) is 1.22. The number of hydrogen-bond acceptors (Lipinski definition) is 4. The number of hydrogen-bond donors (Lipinski definition) is 2. The first-order valence-corrected chi connectivity index (χ1v) is 12.6. The second-order valence-corrected chi connectivity index (χ2v) is 10.3. The van der Waals surface area contributed by atoms with Gasteiger partial charge in [-0.25, -0.2) is 4.68 Å². The fourth-order valence-electron chi connectivity index (χ4n) is 5.20. The number of anilines is 1.